The number of hydrogen-bond donors (Lipinski definition) is 0. The number of halogens is 1. The van der Waals surface area contributed by atoms with E-state index in [2.05, 4.69) is 68.2 Å². The fraction of sp³-hybridized carbons (Fsp3) is 0.455. The van der Waals surface area contributed by atoms with Crippen molar-refractivity contribution in [3.05, 3.63) is 58.1 Å². The molecule has 0 atom stereocenters. The number of nitrogens with zero attached hydrogens (tertiary/aromatic N) is 2. The highest BCUT2D eigenvalue weighted by atomic mass is 79.9. The summed E-state index contributed by atoms with van der Waals surface area (Å²) in [6.45, 7) is 4.75. The van der Waals surface area contributed by atoms with Crippen molar-refractivity contribution in [3.63, 3.8) is 0 Å². The summed E-state index contributed by atoms with van der Waals surface area (Å²) in [6.07, 6.45) is 4.84. The van der Waals surface area contributed by atoms with Gasteiger partial charge >= 0.3 is 0 Å². The van der Waals surface area contributed by atoms with E-state index >= 15 is 0 Å². The number of anilines is 1. The molecule has 2 heterocycles. The average Bonchev–Trinajstić information content (AvgIpc) is 3.13. The topological polar surface area (TPSA) is 15.7 Å². The van der Waals surface area contributed by atoms with Gasteiger partial charge in [-0.3, -0.25) is 0 Å². The van der Waals surface area contributed by atoms with E-state index in [1.54, 1.807) is 7.11 Å². The summed E-state index contributed by atoms with van der Waals surface area (Å²) in [4.78, 5) is 5.28. The first-order valence-electron chi connectivity index (χ1n) is 9.64. The molecule has 0 unspecified atom stereocenters. The second-order valence-corrected chi connectivity index (χ2v) is 8.21. The van der Waals surface area contributed by atoms with Crippen LogP contribution in [0.1, 0.15) is 24.0 Å². The Morgan fingerprint density at radius 3 is 2.54 bits per heavy atom. The number of likely N-dealkylation sites (tertiary alicyclic amines) is 1. The van der Waals surface area contributed by atoms with Gasteiger partial charge in [0.15, 0.2) is 0 Å². The van der Waals surface area contributed by atoms with E-state index in [9.17, 15) is 0 Å². The molecular weight excluding hydrogens is 388 g/mol. The van der Waals surface area contributed by atoms with Gasteiger partial charge < -0.3 is 14.5 Å². The van der Waals surface area contributed by atoms with Gasteiger partial charge in [-0.2, -0.15) is 0 Å². The predicted octanol–water partition coefficient (Wildman–Crippen LogP) is 4.53. The van der Waals surface area contributed by atoms with E-state index in [4.69, 9.17) is 4.74 Å². The van der Waals surface area contributed by atoms with Crippen molar-refractivity contribution in [1.82, 2.24) is 4.90 Å². The van der Waals surface area contributed by atoms with Crippen molar-refractivity contribution in [2.45, 2.75) is 31.7 Å². The average molecular weight is 415 g/mol. The number of rotatable bonds is 5. The van der Waals surface area contributed by atoms with Crippen LogP contribution in [0, 0.1) is 0 Å². The van der Waals surface area contributed by atoms with Crippen LogP contribution in [0.15, 0.2) is 46.9 Å². The standard InChI is InChI=1S/C22H27BrN2O/c1-26-19-7-5-17(6-8-19)9-13-24-14-10-18(11-15-24)25-16-12-20-21(23)3-2-4-22(20)25/h2-8,18H,9-16H2,1H3. The first kappa shape index (κ1) is 17.9. The Morgan fingerprint density at radius 1 is 1.04 bits per heavy atom. The van der Waals surface area contributed by atoms with Crippen LogP contribution < -0.4 is 9.64 Å². The van der Waals surface area contributed by atoms with Crippen molar-refractivity contribution < 1.29 is 4.74 Å². The molecule has 1 saturated heterocycles. The van der Waals surface area contributed by atoms with Gasteiger partial charge in [-0.05, 0) is 61.1 Å². The van der Waals surface area contributed by atoms with E-state index in [-0.39, 0.29) is 0 Å². The summed E-state index contributed by atoms with van der Waals surface area (Å²) >= 11 is 3.72. The second kappa shape index (κ2) is 8.01. The zero-order valence-corrected chi connectivity index (χ0v) is 17.0. The van der Waals surface area contributed by atoms with Gasteiger partial charge in [0.2, 0.25) is 0 Å². The molecule has 138 valence electrons. The lowest BCUT2D eigenvalue weighted by Crippen LogP contribution is -2.44. The lowest BCUT2D eigenvalue weighted by molar-refractivity contribution is 0.212. The molecular formula is C22H27BrN2O. The summed E-state index contributed by atoms with van der Waals surface area (Å²) in [5, 5.41) is 0. The summed E-state index contributed by atoms with van der Waals surface area (Å²) in [5.41, 5.74) is 4.34. The maximum absolute atomic E-state index is 5.24. The van der Waals surface area contributed by atoms with E-state index in [1.165, 1.54) is 60.2 Å². The first-order valence-corrected chi connectivity index (χ1v) is 10.4. The molecule has 0 aromatic heterocycles. The fourth-order valence-corrected chi connectivity index (χ4v) is 4.88. The molecule has 1 fully saturated rings. The smallest absolute Gasteiger partial charge is 0.118 e. The Kier molecular flexibility index (Phi) is 5.51. The third-order valence-electron chi connectivity index (χ3n) is 5.88. The Balaban J connectivity index is 1.29. The number of methoxy groups -OCH3 is 1. The molecule has 0 bridgehead atoms. The van der Waals surface area contributed by atoms with Crippen LogP contribution in [0.3, 0.4) is 0 Å². The summed E-state index contributed by atoms with van der Waals surface area (Å²) in [5.74, 6) is 0.937. The van der Waals surface area contributed by atoms with Crippen molar-refractivity contribution in [1.29, 1.82) is 0 Å². The lowest BCUT2D eigenvalue weighted by atomic mass is 10.0. The highest BCUT2D eigenvalue weighted by molar-refractivity contribution is 9.10. The quantitative estimate of drug-likeness (QED) is 0.714. The van der Waals surface area contributed by atoms with Crippen LogP contribution in [0.5, 0.6) is 5.75 Å². The van der Waals surface area contributed by atoms with E-state index < -0.39 is 0 Å². The molecule has 0 spiro atoms. The Bertz CT molecular complexity index is 738. The fourth-order valence-electron chi connectivity index (χ4n) is 4.33. The molecule has 0 saturated carbocycles. The largest absolute Gasteiger partial charge is 0.497 e. The molecule has 26 heavy (non-hydrogen) atoms. The van der Waals surface area contributed by atoms with Gasteiger partial charge in [-0.15, -0.1) is 0 Å². The number of piperidine rings is 1. The molecule has 2 aromatic rings. The van der Waals surface area contributed by atoms with Crippen LogP contribution in [0.4, 0.5) is 5.69 Å². The highest BCUT2D eigenvalue weighted by Gasteiger charge is 2.29. The summed E-state index contributed by atoms with van der Waals surface area (Å²) in [7, 11) is 1.72. The maximum Gasteiger partial charge on any atom is 0.118 e. The van der Waals surface area contributed by atoms with E-state index in [0.717, 1.165) is 18.7 Å². The molecule has 3 nitrogen and oxygen atoms in total. The molecule has 2 aromatic carbocycles. The van der Waals surface area contributed by atoms with Crippen LogP contribution >= 0.6 is 15.9 Å². The van der Waals surface area contributed by atoms with E-state index in [1.807, 2.05) is 0 Å². The first-order chi connectivity index (χ1) is 12.7. The Morgan fingerprint density at radius 2 is 1.81 bits per heavy atom. The van der Waals surface area contributed by atoms with Gasteiger partial charge in [-0.1, -0.05) is 34.1 Å². The van der Waals surface area contributed by atoms with Crippen LogP contribution in [0.25, 0.3) is 0 Å². The third-order valence-corrected chi connectivity index (χ3v) is 6.62. The van der Waals surface area contributed by atoms with Crippen LogP contribution in [0.2, 0.25) is 0 Å². The number of hydrogen-bond acceptors (Lipinski definition) is 3. The van der Waals surface area contributed by atoms with Gasteiger partial charge in [0.1, 0.15) is 5.75 Å². The molecule has 4 rings (SSSR count). The monoisotopic (exact) mass is 414 g/mol. The SMILES string of the molecule is COc1ccc(CCN2CCC(N3CCc4c(Br)cccc43)CC2)cc1. The van der Waals surface area contributed by atoms with E-state index in [0.29, 0.717) is 6.04 Å². The normalized spacial score (nSPS) is 18.2. The highest BCUT2D eigenvalue weighted by Crippen LogP contribution is 2.36. The Hall–Kier alpha value is -1.52. The molecule has 0 radical (unpaired) electrons. The number of ether oxygens (including phenoxy) is 1. The van der Waals surface area contributed by atoms with Gasteiger partial charge in [0.25, 0.3) is 0 Å². The minimum absolute atomic E-state index is 0.697. The molecule has 0 amide bonds. The minimum Gasteiger partial charge on any atom is -0.497 e. The summed E-state index contributed by atoms with van der Waals surface area (Å²) < 4.78 is 6.51. The third kappa shape index (κ3) is 3.77. The van der Waals surface area contributed by atoms with Gasteiger partial charge in [0, 0.05) is 42.4 Å². The zero-order chi connectivity index (χ0) is 17.9. The molecule has 2 aliphatic heterocycles. The zero-order valence-electron chi connectivity index (χ0n) is 15.5. The Labute approximate surface area is 165 Å². The molecule has 4 heteroatoms. The van der Waals surface area contributed by atoms with Gasteiger partial charge in [0.05, 0.1) is 7.11 Å². The summed E-state index contributed by atoms with van der Waals surface area (Å²) in [6, 6.07) is 15.8. The minimum atomic E-state index is 0.697. The number of benzene rings is 2. The molecule has 0 N–H and O–H groups in total. The molecule has 0 aliphatic carbocycles. The van der Waals surface area contributed by atoms with Crippen molar-refractivity contribution in [2.75, 3.05) is 38.2 Å². The number of fused-ring (bicyclic) bond motifs is 1. The van der Waals surface area contributed by atoms with Crippen LogP contribution in [-0.4, -0.2) is 44.2 Å². The lowest BCUT2D eigenvalue weighted by Gasteiger charge is -2.38. The van der Waals surface area contributed by atoms with Crippen molar-refractivity contribution in [2.24, 2.45) is 0 Å². The maximum atomic E-state index is 5.24. The molecule has 2 aliphatic rings. The predicted molar refractivity (Wildman–Crippen MR) is 111 cm³/mol. The van der Waals surface area contributed by atoms with Crippen molar-refractivity contribution in [3.8, 4) is 5.75 Å². The van der Waals surface area contributed by atoms with Crippen molar-refractivity contribution >= 4 is 21.6 Å². The second-order valence-electron chi connectivity index (χ2n) is 7.35. The van der Waals surface area contributed by atoms with Gasteiger partial charge in [-0.25, -0.2) is 0 Å². The van der Waals surface area contributed by atoms with Crippen LogP contribution in [-0.2, 0) is 12.8 Å².